The van der Waals surface area contributed by atoms with Crippen LogP contribution in [0.4, 0.5) is 14.5 Å². The normalized spacial score (nSPS) is 16.9. The largest absolute Gasteiger partial charge is 0.508 e. The molecule has 0 spiro atoms. The predicted octanol–water partition coefficient (Wildman–Crippen LogP) is 4.49. The first-order valence-corrected chi connectivity index (χ1v) is 13.6. The number of rotatable bonds is 8. The molecule has 5 rings (SSSR count). The van der Waals surface area contributed by atoms with E-state index in [4.69, 9.17) is 4.74 Å². The first kappa shape index (κ1) is 27.2. The maximum atomic E-state index is 13.6. The third-order valence-corrected chi connectivity index (χ3v) is 7.60. The van der Waals surface area contributed by atoms with Crippen LogP contribution in [0.25, 0.3) is 11.1 Å². The Hall–Kier alpha value is -4.37. The molecule has 0 aromatic heterocycles. The fraction of sp³-hybridized carbons (Fsp3) is 0.103. The number of ether oxygens (including phenoxy) is 1. The van der Waals surface area contributed by atoms with Crippen molar-refractivity contribution in [2.24, 2.45) is 5.92 Å². The zero-order valence-electron chi connectivity index (χ0n) is 20.6. The monoisotopic (exact) mass is 565 g/mol. The van der Waals surface area contributed by atoms with Crippen LogP contribution < -0.4 is 14.9 Å². The average Bonchev–Trinajstić information content (AvgIpc) is 2.92. The van der Waals surface area contributed by atoms with E-state index in [0.717, 1.165) is 0 Å². The summed E-state index contributed by atoms with van der Waals surface area (Å²) in [6.07, 6.45) is 0. The van der Waals surface area contributed by atoms with Gasteiger partial charge < -0.3 is 24.5 Å². The second-order valence-electron chi connectivity index (χ2n) is 9.18. The van der Waals surface area contributed by atoms with Gasteiger partial charge in [0.15, 0.2) is 5.78 Å². The van der Waals surface area contributed by atoms with Crippen LogP contribution in [0.2, 0.25) is 0 Å². The van der Waals surface area contributed by atoms with Gasteiger partial charge in [0.05, 0.1) is 11.3 Å². The lowest BCUT2D eigenvalue weighted by Gasteiger charge is -2.46. The molecule has 0 unspecified atom stereocenters. The number of phenolic OH excluding ortho intramolecular Hbond substituents is 1. The van der Waals surface area contributed by atoms with Gasteiger partial charge in [-0.3, -0.25) is 14.2 Å². The van der Waals surface area contributed by atoms with Crippen LogP contribution in [0.5, 0.6) is 11.5 Å². The molecular weight excluding hydrogens is 543 g/mol. The van der Waals surface area contributed by atoms with Crippen LogP contribution in [0, 0.1) is 17.6 Å². The van der Waals surface area contributed by atoms with E-state index in [2.05, 4.69) is 0 Å². The number of β-lactam (4-membered cyclic amide) rings is 1. The number of carbonyl (C=O) groups excluding carboxylic acids is 2. The number of aromatic hydroxyl groups is 1. The summed E-state index contributed by atoms with van der Waals surface area (Å²) in [5.41, 5.74) is 1.69. The second-order valence-corrected chi connectivity index (χ2v) is 10.8. The number of phenols is 1. The summed E-state index contributed by atoms with van der Waals surface area (Å²) in [4.78, 5) is 46.3. The van der Waals surface area contributed by atoms with Gasteiger partial charge in [-0.1, -0.05) is 24.3 Å². The van der Waals surface area contributed by atoms with Gasteiger partial charge in [0.2, 0.25) is 5.91 Å². The lowest BCUT2D eigenvalue weighted by Crippen LogP contribution is -2.59. The number of nitrogens with zero attached hydrogens (tertiary/aromatic N) is 1. The predicted molar refractivity (Wildman–Crippen MR) is 142 cm³/mol. The van der Waals surface area contributed by atoms with Crippen LogP contribution in [-0.2, 0) is 14.2 Å². The Morgan fingerprint density at radius 3 is 2.00 bits per heavy atom. The van der Waals surface area contributed by atoms with E-state index in [-0.39, 0.29) is 22.4 Å². The number of hydrogen-bond acceptors (Lipinski definition) is 5. The van der Waals surface area contributed by atoms with Crippen molar-refractivity contribution in [3.8, 4) is 22.6 Å². The quantitative estimate of drug-likeness (QED) is 0.163. The molecule has 11 heteroatoms. The standard InChI is InChI=1S/C29H22F2NO7P/c30-19-4-8-21(9-5-19)32-28(27(29(32)35)26(34)16-39-22-10-6-20(31)7-11-22)24-14-3-18(15-25(24)33)17-1-12-23(13-2-17)40(36,37)38/h1-15,27-28,33H,16H2,(H2,36,37,38)/t27-,28-/m1/s1. The number of amides is 1. The first-order valence-electron chi connectivity index (χ1n) is 12.0. The topological polar surface area (TPSA) is 124 Å². The van der Waals surface area contributed by atoms with Crippen molar-refractivity contribution in [3.05, 3.63) is 108 Å². The van der Waals surface area contributed by atoms with Gasteiger partial charge in [0.25, 0.3) is 0 Å². The summed E-state index contributed by atoms with van der Waals surface area (Å²) in [5, 5.41) is 10.9. The number of anilines is 1. The van der Waals surface area contributed by atoms with Crippen LogP contribution >= 0.6 is 7.60 Å². The van der Waals surface area contributed by atoms with E-state index < -0.39 is 49.5 Å². The molecule has 0 bridgehead atoms. The van der Waals surface area contributed by atoms with E-state index >= 15 is 0 Å². The first-order chi connectivity index (χ1) is 19.0. The van der Waals surface area contributed by atoms with Crippen molar-refractivity contribution in [1.29, 1.82) is 0 Å². The Kier molecular flexibility index (Phi) is 7.25. The fourth-order valence-corrected chi connectivity index (χ4v) is 5.14. The lowest BCUT2D eigenvalue weighted by molar-refractivity contribution is -0.141. The van der Waals surface area contributed by atoms with Gasteiger partial charge in [-0.05, 0) is 77.9 Å². The zero-order valence-corrected chi connectivity index (χ0v) is 21.5. The molecule has 204 valence electrons. The molecule has 1 heterocycles. The minimum atomic E-state index is -4.42. The van der Waals surface area contributed by atoms with Gasteiger partial charge in [-0.15, -0.1) is 0 Å². The van der Waals surface area contributed by atoms with Crippen LogP contribution in [0.15, 0.2) is 91.0 Å². The van der Waals surface area contributed by atoms with Crippen molar-refractivity contribution in [2.75, 3.05) is 11.5 Å². The average molecular weight is 565 g/mol. The highest BCUT2D eigenvalue weighted by Crippen LogP contribution is 2.47. The van der Waals surface area contributed by atoms with Gasteiger partial charge in [-0.25, -0.2) is 8.78 Å². The molecular formula is C29H22F2NO7P. The smallest absolute Gasteiger partial charge is 0.356 e. The highest BCUT2D eigenvalue weighted by Gasteiger charge is 2.53. The van der Waals surface area contributed by atoms with Crippen molar-refractivity contribution in [3.63, 3.8) is 0 Å². The Bertz CT molecular complexity index is 1620. The second kappa shape index (κ2) is 10.7. The molecule has 2 atom stereocenters. The summed E-state index contributed by atoms with van der Waals surface area (Å²) >= 11 is 0. The molecule has 1 amide bonds. The maximum Gasteiger partial charge on any atom is 0.356 e. The highest BCUT2D eigenvalue weighted by molar-refractivity contribution is 7.60. The summed E-state index contributed by atoms with van der Waals surface area (Å²) in [7, 11) is -4.42. The Balaban J connectivity index is 1.45. The van der Waals surface area contributed by atoms with E-state index in [0.29, 0.717) is 16.8 Å². The molecule has 1 aliphatic rings. The minimum Gasteiger partial charge on any atom is -0.508 e. The third kappa shape index (κ3) is 5.37. The van der Waals surface area contributed by atoms with Gasteiger partial charge >= 0.3 is 7.60 Å². The molecule has 1 saturated heterocycles. The van der Waals surface area contributed by atoms with E-state index in [1.807, 2.05) is 0 Å². The number of halogens is 2. The minimum absolute atomic E-state index is 0.149. The summed E-state index contributed by atoms with van der Waals surface area (Å²) in [5.74, 6) is -3.28. The van der Waals surface area contributed by atoms with Gasteiger partial charge in [-0.2, -0.15) is 0 Å². The van der Waals surface area contributed by atoms with E-state index in [9.17, 15) is 37.8 Å². The summed E-state index contributed by atoms with van der Waals surface area (Å²) < 4.78 is 43.7. The molecule has 0 aliphatic carbocycles. The molecule has 1 fully saturated rings. The van der Waals surface area contributed by atoms with Crippen molar-refractivity contribution >= 4 is 30.3 Å². The van der Waals surface area contributed by atoms with Crippen LogP contribution in [-0.4, -0.2) is 33.2 Å². The SMILES string of the molecule is O=C(COc1ccc(F)cc1)[C@H]1C(=O)N(c2ccc(F)cc2)[C@@H]1c1ccc(-c2ccc(P(=O)(O)O)cc2)cc1O. The Morgan fingerprint density at radius 1 is 0.850 bits per heavy atom. The fourth-order valence-electron chi connectivity index (χ4n) is 4.61. The number of carbonyl (C=O) groups is 2. The molecule has 0 saturated carbocycles. The maximum absolute atomic E-state index is 13.6. The molecule has 40 heavy (non-hydrogen) atoms. The van der Waals surface area contributed by atoms with Crippen LogP contribution in [0.3, 0.4) is 0 Å². The molecule has 8 nitrogen and oxygen atoms in total. The molecule has 1 aliphatic heterocycles. The van der Waals surface area contributed by atoms with Crippen LogP contribution in [0.1, 0.15) is 11.6 Å². The Morgan fingerprint density at radius 2 is 1.43 bits per heavy atom. The molecule has 4 aromatic carbocycles. The van der Waals surface area contributed by atoms with Gasteiger partial charge in [0, 0.05) is 11.3 Å². The summed E-state index contributed by atoms with van der Waals surface area (Å²) in [6, 6.07) is 19.5. The van der Waals surface area contributed by atoms with Crippen molar-refractivity contribution in [1.82, 2.24) is 0 Å². The zero-order chi connectivity index (χ0) is 28.6. The molecule has 3 N–H and O–H groups in total. The number of ketones is 1. The Labute approximate surface area is 227 Å². The van der Waals surface area contributed by atoms with Crippen molar-refractivity contribution in [2.45, 2.75) is 6.04 Å². The van der Waals surface area contributed by atoms with E-state index in [1.165, 1.54) is 83.8 Å². The van der Waals surface area contributed by atoms with Gasteiger partial charge in [0.1, 0.15) is 35.7 Å². The molecule has 4 aromatic rings. The number of Topliss-reactive ketones (excluding diaryl/α,β-unsaturated/α-hetero) is 1. The molecule has 0 radical (unpaired) electrons. The number of hydrogen-bond donors (Lipinski definition) is 3. The lowest BCUT2D eigenvalue weighted by atomic mass is 9.78. The van der Waals surface area contributed by atoms with Crippen molar-refractivity contribution < 1.29 is 42.6 Å². The third-order valence-electron chi connectivity index (χ3n) is 6.63. The van der Waals surface area contributed by atoms with E-state index in [1.54, 1.807) is 12.1 Å². The number of benzene rings is 4. The highest BCUT2D eigenvalue weighted by atomic mass is 31.2. The summed E-state index contributed by atoms with van der Waals surface area (Å²) in [6.45, 7) is -0.472.